The number of anilines is 1. The largest absolute Gasteiger partial charge is 0.355 e. The molecule has 0 aliphatic carbocycles. The van der Waals surface area contributed by atoms with Crippen LogP contribution in [0.5, 0.6) is 0 Å². The van der Waals surface area contributed by atoms with Crippen molar-refractivity contribution in [2.45, 2.75) is 26.3 Å². The monoisotopic (exact) mass is 310 g/mol. The highest BCUT2D eigenvalue weighted by Gasteiger charge is 2.18. The summed E-state index contributed by atoms with van der Waals surface area (Å²) in [6.45, 7) is 5.26. The third-order valence-electron chi connectivity index (χ3n) is 4.17. The molecule has 5 nitrogen and oxygen atoms in total. The molecule has 1 aliphatic heterocycles. The summed E-state index contributed by atoms with van der Waals surface area (Å²) in [6, 6.07) is 10.00. The summed E-state index contributed by atoms with van der Waals surface area (Å²) in [6.07, 6.45) is 5.71. The molecule has 0 spiro atoms. The number of carbonyl (C=O) groups is 1. The molecular formula is C18H22N4O. The van der Waals surface area contributed by atoms with Crippen LogP contribution in [0.1, 0.15) is 35.8 Å². The molecule has 1 aromatic heterocycles. The Kier molecular flexibility index (Phi) is 4.86. The summed E-state index contributed by atoms with van der Waals surface area (Å²) >= 11 is 0. The lowest BCUT2D eigenvalue weighted by Gasteiger charge is -2.21. The molecule has 2 heterocycles. The summed E-state index contributed by atoms with van der Waals surface area (Å²) in [5, 5.41) is 0. The van der Waals surface area contributed by atoms with E-state index in [0.29, 0.717) is 18.8 Å². The molecule has 0 bridgehead atoms. The van der Waals surface area contributed by atoms with E-state index in [4.69, 9.17) is 0 Å². The van der Waals surface area contributed by atoms with Crippen LogP contribution >= 0.6 is 0 Å². The lowest BCUT2D eigenvalue weighted by molar-refractivity contribution is 0.0746. The molecule has 3 rings (SSSR count). The van der Waals surface area contributed by atoms with Crippen LogP contribution in [0.25, 0.3) is 0 Å². The number of aromatic nitrogens is 2. The number of rotatable bonds is 5. The Balaban J connectivity index is 1.70. The Bertz CT molecular complexity index is 636. The second-order valence-electron chi connectivity index (χ2n) is 5.76. The minimum Gasteiger partial charge on any atom is -0.355 e. The smallest absolute Gasteiger partial charge is 0.274 e. The molecule has 23 heavy (non-hydrogen) atoms. The van der Waals surface area contributed by atoms with Gasteiger partial charge >= 0.3 is 0 Å². The SMILES string of the molecule is CCN(Cc1ccccc1)C(=O)c1cnc(N2CCCC2)cn1. The average Bonchev–Trinajstić information content (AvgIpc) is 3.15. The second kappa shape index (κ2) is 7.22. The first-order chi connectivity index (χ1) is 11.3. The Morgan fingerprint density at radius 2 is 1.87 bits per heavy atom. The molecule has 0 saturated carbocycles. The first-order valence-corrected chi connectivity index (χ1v) is 8.18. The van der Waals surface area contributed by atoms with Crippen molar-refractivity contribution in [1.82, 2.24) is 14.9 Å². The molecule has 0 atom stereocenters. The van der Waals surface area contributed by atoms with E-state index in [1.165, 1.54) is 12.8 Å². The van der Waals surface area contributed by atoms with Crippen LogP contribution in [-0.2, 0) is 6.54 Å². The zero-order valence-electron chi connectivity index (χ0n) is 13.5. The normalized spacial score (nSPS) is 14.0. The Morgan fingerprint density at radius 3 is 2.48 bits per heavy atom. The highest BCUT2D eigenvalue weighted by molar-refractivity contribution is 5.92. The van der Waals surface area contributed by atoms with Gasteiger partial charge in [0.05, 0.1) is 12.4 Å². The van der Waals surface area contributed by atoms with Crippen molar-refractivity contribution in [2.24, 2.45) is 0 Å². The topological polar surface area (TPSA) is 49.3 Å². The fourth-order valence-corrected chi connectivity index (χ4v) is 2.83. The molecule has 0 N–H and O–H groups in total. The van der Waals surface area contributed by atoms with E-state index in [2.05, 4.69) is 14.9 Å². The van der Waals surface area contributed by atoms with Gasteiger partial charge in [0.2, 0.25) is 0 Å². The minimum absolute atomic E-state index is 0.0724. The van der Waals surface area contributed by atoms with Gasteiger partial charge in [-0.15, -0.1) is 0 Å². The summed E-state index contributed by atoms with van der Waals surface area (Å²) in [7, 11) is 0. The van der Waals surface area contributed by atoms with Crippen LogP contribution in [0.4, 0.5) is 5.82 Å². The van der Waals surface area contributed by atoms with Gasteiger partial charge < -0.3 is 9.80 Å². The molecule has 120 valence electrons. The first kappa shape index (κ1) is 15.5. The van der Waals surface area contributed by atoms with Gasteiger partial charge in [-0.3, -0.25) is 4.79 Å². The summed E-state index contributed by atoms with van der Waals surface area (Å²) in [5.74, 6) is 0.794. The number of hydrogen-bond acceptors (Lipinski definition) is 4. The summed E-state index contributed by atoms with van der Waals surface area (Å²) < 4.78 is 0. The minimum atomic E-state index is -0.0724. The molecule has 0 unspecified atom stereocenters. The van der Waals surface area contributed by atoms with E-state index in [1.807, 2.05) is 37.3 Å². The maximum absolute atomic E-state index is 12.6. The van der Waals surface area contributed by atoms with Crippen molar-refractivity contribution < 1.29 is 4.79 Å². The lowest BCUT2D eigenvalue weighted by Crippen LogP contribution is -2.31. The van der Waals surface area contributed by atoms with Crippen molar-refractivity contribution in [3.05, 3.63) is 54.0 Å². The van der Waals surface area contributed by atoms with Gasteiger partial charge in [0.25, 0.3) is 5.91 Å². The Hall–Kier alpha value is -2.43. The molecule has 1 aromatic carbocycles. The number of hydrogen-bond donors (Lipinski definition) is 0. The molecule has 1 saturated heterocycles. The predicted molar refractivity (Wildman–Crippen MR) is 90.3 cm³/mol. The van der Waals surface area contributed by atoms with Crippen molar-refractivity contribution in [2.75, 3.05) is 24.5 Å². The summed E-state index contributed by atoms with van der Waals surface area (Å²) in [5.41, 5.74) is 1.52. The number of amides is 1. The molecule has 0 radical (unpaired) electrons. The van der Waals surface area contributed by atoms with E-state index in [9.17, 15) is 4.79 Å². The molecule has 1 aliphatic rings. The van der Waals surface area contributed by atoms with E-state index in [-0.39, 0.29) is 5.91 Å². The molecule has 1 fully saturated rings. The fraction of sp³-hybridized carbons (Fsp3) is 0.389. The van der Waals surface area contributed by atoms with Crippen LogP contribution in [-0.4, -0.2) is 40.4 Å². The second-order valence-corrected chi connectivity index (χ2v) is 5.76. The van der Waals surface area contributed by atoms with Crippen LogP contribution in [0.2, 0.25) is 0 Å². The van der Waals surface area contributed by atoms with Gasteiger partial charge in [-0.2, -0.15) is 0 Å². The standard InChI is InChI=1S/C18H22N4O/c1-2-21(14-15-8-4-3-5-9-15)18(23)16-12-20-17(13-19-16)22-10-6-7-11-22/h3-5,8-9,12-13H,2,6-7,10-11,14H2,1H3. The number of nitrogens with zero attached hydrogens (tertiary/aromatic N) is 4. The molecule has 5 heteroatoms. The van der Waals surface area contributed by atoms with Gasteiger partial charge in [0.15, 0.2) is 0 Å². The predicted octanol–water partition coefficient (Wildman–Crippen LogP) is 2.74. The van der Waals surface area contributed by atoms with Crippen molar-refractivity contribution in [3.63, 3.8) is 0 Å². The van der Waals surface area contributed by atoms with Crippen molar-refractivity contribution in [1.29, 1.82) is 0 Å². The van der Waals surface area contributed by atoms with Gasteiger partial charge in [-0.1, -0.05) is 30.3 Å². The van der Waals surface area contributed by atoms with E-state index < -0.39 is 0 Å². The maximum Gasteiger partial charge on any atom is 0.274 e. The first-order valence-electron chi connectivity index (χ1n) is 8.18. The lowest BCUT2D eigenvalue weighted by atomic mass is 10.2. The van der Waals surface area contributed by atoms with Crippen LogP contribution in [0.15, 0.2) is 42.7 Å². The van der Waals surface area contributed by atoms with Crippen LogP contribution in [0, 0.1) is 0 Å². The van der Waals surface area contributed by atoms with Crippen LogP contribution < -0.4 is 4.90 Å². The van der Waals surface area contributed by atoms with Crippen molar-refractivity contribution >= 4 is 11.7 Å². The Morgan fingerprint density at radius 1 is 1.13 bits per heavy atom. The van der Waals surface area contributed by atoms with Gasteiger partial charge in [0.1, 0.15) is 11.5 Å². The zero-order chi connectivity index (χ0) is 16.1. The van der Waals surface area contributed by atoms with Gasteiger partial charge in [-0.25, -0.2) is 9.97 Å². The van der Waals surface area contributed by atoms with E-state index in [1.54, 1.807) is 17.3 Å². The molecule has 1 amide bonds. The van der Waals surface area contributed by atoms with Crippen LogP contribution in [0.3, 0.4) is 0 Å². The number of carbonyl (C=O) groups excluding carboxylic acids is 1. The van der Waals surface area contributed by atoms with E-state index in [0.717, 1.165) is 24.5 Å². The van der Waals surface area contributed by atoms with Gasteiger partial charge in [-0.05, 0) is 25.3 Å². The highest BCUT2D eigenvalue weighted by Crippen LogP contribution is 2.17. The quantitative estimate of drug-likeness (QED) is 0.852. The third kappa shape index (κ3) is 3.67. The van der Waals surface area contributed by atoms with E-state index >= 15 is 0 Å². The molecular weight excluding hydrogens is 288 g/mol. The van der Waals surface area contributed by atoms with Gasteiger partial charge in [0, 0.05) is 26.2 Å². The zero-order valence-corrected chi connectivity index (χ0v) is 13.5. The maximum atomic E-state index is 12.6. The Labute approximate surface area is 137 Å². The fourth-order valence-electron chi connectivity index (χ4n) is 2.83. The molecule has 2 aromatic rings. The average molecular weight is 310 g/mol. The summed E-state index contributed by atoms with van der Waals surface area (Å²) in [4.78, 5) is 25.4. The third-order valence-corrected chi connectivity index (χ3v) is 4.17. The number of benzene rings is 1. The highest BCUT2D eigenvalue weighted by atomic mass is 16.2. The van der Waals surface area contributed by atoms with Crippen molar-refractivity contribution in [3.8, 4) is 0 Å².